The van der Waals surface area contributed by atoms with Crippen LogP contribution in [0.25, 0.3) is 10.8 Å². The molecule has 8 rings (SSSR count). The van der Waals surface area contributed by atoms with Gasteiger partial charge in [0.1, 0.15) is 0 Å². The van der Waals surface area contributed by atoms with E-state index in [2.05, 4.69) is 72.0 Å². The van der Waals surface area contributed by atoms with Gasteiger partial charge in [-0.05, 0) is 96.2 Å². The third-order valence-corrected chi connectivity index (χ3v) is 9.00. The predicted octanol–water partition coefficient (Wildman–Crippen LogP) is 6.38. The third-order valence-electron chi connectivity index (χ3n) is 9.00. The molecule has 4 bridgehead atoms. The second kappa shape index (κ2) is 6.44. The second-order valence-electron chi connectivity index (χ2n) is 10.4. The molecule has 4 aliphatic carbocycles. The zero-order valence-corrected chi connectivity index (χ0v) is 17.6. The summed E-state index contributed by atoms with van der Waals surface area (Å²) >= 11 is 0. The fraction of sp³-hybridized carbons (Fsp3) is 0.414. The fourth-order valence-corrected chi connectivity index (χ4v) is 8.18. The van der Waals surface area contributed by atoms with Crippen LogP contribution in [0.5, 0.6) is 0 Å². The Hall–Kier alpha value is -2.12. The average molecular weight is 393 g/mol. The van der Waals surface area contributed by atoms with E-state index in [4.69, 9.17) is 0 Å². The lowest BCUT2D eigenvalue weighted by molar-refractivity contribution is -0.00167. The third kappa shape index (κ3) is 2.28. The van der Waals surface area contributed by atoms with Crippen LogP contribution in [0.1, 0.15) is 54.8 Å². The SMILES string of the molecule is c1ccc2c(c1)CCNC2C1(c2cccc3ccccc23)[C]2CC3CC(C2)CC1C3. The van der Waals surface area contributed by atoms with Gasteiger partial charge in [0.05, 0.1) is 0 Å². The smallest absolute Gasteiger partial charge is 0.0429 e. The van der Waals surface area contributed by atoms with Crippen LogP contribution < -0.4 is 5.32 Å². The monoisotopic (exact) mass is 392 g/mol. The summed E-state index contributed by atoms with van der Waals surface area (Å²) in [5, 5.41) is 6.96. The molecule has 0 saturated heterocycles. The van der Waals surface area contributed by atoms with E-state index in [1.165, 1.54) is 42.9 Å². The molecule has 3 aromatic carbocycles. The van der Waals surface area contributed by atoms with Crippen molar-refractivity contribution in [3.8, 4) is 0 Å². The molecular formula is C29H30N. The minimum Gasteiger partial charge on any atom is -0.309 e. The van der Waals surface area contributed by atoms with Crippen LogP contribution in [-0.2, 0) is 11.8 Å². The molecule has 4 atom stereocenters. The standard InChI is InChI=1S/C29H30N/c1-3-9-25-21(6-1)8-5-11-27(25)29(23-15-19-14-20(17-23)18-24(29)16-19)28-26-10-4-2-7-22(26)12-13-30-28/h1-11,19-20,23,28,30H,12-18H2. The first-order valence-electron chi connectivity index (χ1n) is 12.0. The van der Waals surface area contributed by atoms with Gasteiger partial charge in [0.2, 0.25) is 0 Å². The van der Waals surface area contributed by atoms with Gasteiger partial charge in [-0.15, -0.1) is 0 Å². The van der Waals surface area contributed by atoms with Crippen LogP contribution in [0.3, 0.4) is 0 Å². The van der Waals surface area contributed by atoms with E-state index in [0.717, 1.165) is 30.7 Å². The van der Waals surface area contributed by atoms with Crippen LogP contribution >= 0.6 is 0 Å². The number of nitrogens with one attached hydrogen (secondary N) is 1. The minimum absolute atomic E-state index is 0.144. The maximum absolute atomic E-state index is 4.09. The van der Waals surface area contributed by atoms with Crippen molar-refractivity contribution in [2.24, 2.45) is 17.8 Å². The highest BCUT2D eigenvalue weighted by Gasteiger charge is 2.62. The largest absolute Gasteiger partial charge is 0.309 e. The van der Waals surface area contributed by atoms with E-state index in [0.29, 0.717) is 6.04 Å². The lowest BCUT2D eigenvalue weighted by Crippen LogP contribution is -2.60. The van der Waals surface area contributed by atoms with Gasteiger partial charge >= 0.3 is 0 Å². The van der Waals surface area contributed by atoms with Crippen LogP contribution in [-0.4, -0.2) is 6.54 Å². The molecule has 1 heterocycles. The summed E-state index contributed by atoms with van der Waals surface area (Å²) in [4.78, 5) is 0. The Labute approximate surface area is 179 Å². The molecular weight excluding hydrogens is 362 g/mol. The van der Waals surface area contributed by atoms with Gasteiger partial charge < -0.3 is 5.32 Å². The van der Waals surface area contributed by atoms with Crippen molar-refractivity contribution >= 4 is 10.8 Å². The van der Waals surface area contributed by atoms with Crippen molar-refractivity contribution in [1.29, 1.82) is 0 Å². The first-order valence-corrected chi connectivity index (χ1v) is 12.0. The Bertz CT molecular complexity index is 1080. The average Bonchev–Trinajstić information content (AvgIpc) is 2.79. The van der Waals surface area contributed by atoms with Crippen LogP contribution in [0.15, 0.2) is 66.7 Å². The number of benzene rings is 3. The van der Waals surface area contributed by atoms with E-state index < -0.39 is 0 Å². The van der Waals surface area contributed by atoms with E-state index in [-0.39, 0.29) is 5.41 Å². The Kier molecular flexibility index (Phi) is 3.77. The summed E-state index contributed by atoms with van der Waals surface area (Å²) in [6.07, 6.45) is 8.20. The summed E-state index contributed by atoms with van der Waals surface area (Å²) in [7, 11) is 0. The van der Waals surface area contributed by atoms with Gasteiger partial charge in [-0.2, -0.15) is 0 Å². The summed E-state index contributed by atoms with van der Waals surface area (Å²) in [5.41, 5.74) is 4.88. The molecule has 1 N–H and O–H groups in total. The Balaban J connectivity index is 1.52. The van der Waals surface area contributed by atoms with Crippen molar-refractivity contribution in [2.75, 3.05) is 6.54 Å². The number of hydrogen-bond acceptors (Lipinski definition) is 1. The fourth-order valence-electron chi connectivity index (χ4n) is 8.18. The first-order chi connectivity index (χ1) is 14.8. The van der Waals surface area contributed by atoms with Crippen molar-refractivity contribution in [1.82, 2.24) is 5.32 Å². The molecule has 1 heteroatoms. The van der Waals surface area contributed by atoms with E-state index in [9.17, 15) is 0 Å². The Morgan fingerprint density at radius 3 is 2.40 bits per heavy atom. The molecule has 30 heavy (non-hydrogen) atoms. The van der Waals surface area contributed by atoms with Gasteiger partial charge in [-0.3, -0.25) is 0 Å². The second-order valence-corrected chi connectivity index (χ2v) is 10.4. The zero-order valence-electron chi connectivity index (χ0n) is 17.6. The molecule has 0 spiro atoms. The molecule has 151 valence electrons. The zero-order chi connectivity index (χ0) is 19.7. The molecule has 4 saturated carbocycles. The van der Waals surface area contributed by atoms with E-state index >= 15 is 0 Å². The minimum atomic E-state index is 0.144. The summed E-state index contributed by atoms with van der Waals surface area (Å²) < 4.78 is 0. The lowest BCUT2D eigenvalue weighted by Gasteiger charge is -2.64. The summed E-state index contributed by atoms with van der Waals surface area (Å²) in [6, 6.07) is 25.9. The van der Waals surface area contributed by atoms with Gasteiger partial charge in [-0.1, -0.05) is 66.7 Å². The molecule has 1 aliphatic heterocycles. The first kappa shape index (κ1) is 17.5. The predicted molar refractivity (Wildman–Crippen MR) is 123 cm³/mol. The normalized spacial score (nSPS) is 34.9. The lowest BCUT2D eigenvalue weighted by atomic mass is 9.41. The highest BCUT2D eigenvalue weighted by molar-refractivity contribution is 5.87. The maximum atomic E-state index is 4.09. The van der Waals surface area contributed by atoms with Gasteiger partial charge in [0.25, 0.3) is 0 Å². The summed E-state index contributed by atoms with van der Waals surface area (Å²) in [6.45, 7) is 1.10. The Morgan fingerprint density at radius 2 is 1.53 bits per heavy atom. The van der Waals surface area contributed by atoms with Gasteiger partial charge in [-0.25, -0.2) is 0 Å². The number of fused-ring (bicyclic) bond motifs is 2. The molecule has 1 nitrogen and oxygen atoms in total. The molecule has 4 fully saturated rings. The molecule has 0 aromatic heterocycles. The highest BCUT2D eigenvalue weighted by atomic mass is 15.0. The molecule has 3 aromatic rings. The van der Waals surface area contributed by atoms with Crippen molar-refractivity contribution in [3.05, 3.63) is 89.3 Å². The van der Waals surface area contributed by atoms with Crippen molar-refractivity contribution in [3.63, 3.8) is 0 Å². The topological polar surface area (TPSA) is 12.0 Å². The maximum Gasteiger partial charge on any atom is 0.0429 e. The quantitative estimate of drug-likeness (QED) is 0.534. The van der Waals surface area contributed by atoms with E-state index in [1.807, 2.05) is 5.92 Å². The van der Waals surface area contributed by atoms with Gasteiger partial charge in [0.15, 0.2) is 0 Å². The highest BCUT2D eigenvalue weighted by Crippen LogP contribution is 2.68. The van der Waals surface area contributed by atoms with Crippen LogP contribution in [0, 0.1) is 23.7 Å². The van der Waals surface area contributed by atoms with E-state index in [1.54, 1.807) is 16.7 Å². The Morgan fingerprint density at radius 1 is 0.767 bits per heavy atom. The van der Waals surface area contributed by atoms with Crippen molar-refractivity contribution in [2.45, 2.75) is 50.0 Å². The molecule has 5 aliphatic rings. The van der Waals surface area contributed by atoms with Crippen LogP contribution in [0.4, 0.5) is 0 Å². The molecule has 4 unspecified atom stereocenters. The van der Waals surface area contributed by atoms with Crippen LogP contribution in [0.2, 0.25) is 0 Å². The molecule has 1 radical (unpaired) electrons. The summed E-state index contributed by atoms with van der Waals surface area (Å²) in [5.74, 6) is 4.53. The number of hydrogen-bond donors (Lipinski definition) is 1. The van der Waals surface area contributed by atoms with Gasteiger partial charge in [0, 0.05) is 11.5 Å². The molecule has 0 amide bonds. The van der Waals surface area contributed by atoms with Crippen molar-refractivity contribution < 1.29 is 0 Å². The number of rotatable bonds is 2.